The van der Waals surface area contributed by atoms with Gasteiger partial charge < -0.3 is 4.57 Å². The van der Waals surface area contributed by atoms with E-state index in [1.54, 1.807) is 0 Å². The zero-order valence-electron chi connectivity index (χ0n) is 11.6. The second-order valence-electron chi connectivity index (χ2n) is 4.98. The van der Waals surface area contributed by atoms with E-state index in [1.165, 1.54) is 17.5 Å². The molecule has 3 rings (SSSR count). The average Bonchev–Trinajstić information content (AvgIpc) is 2.80. The quantitative estimate of drug-likeness (QED) is 0.670. The van der Waals surface area contributed by atoms with Crippen molar-refractivity contribution in [2.24, 2.45) is 0 Å². The molecule has 0 unspecified atom stereocenters. The van der Waals surface area contributed by atoms with E-state index in [1.807, 2.05) is 0 Å². The van der Waals surface area contributed by atoms with Crippen molar-refractivity contribution in [3.8, 4) is 5.69 Å². The molecule has 20 heavy (non-hydrogen) atoms. The van der Waals surface area contributed by atoms with Crippen molar-refractivity contribution in [1.82, 2.24) is 14.5 Å². The Hall–Kier alpha value is -1.87. The Kier molecular flexibility index (Phi) is 3.45. The van der Waals surface area contributed by atoms with E-state index in [0.29, 0.717) is 5.15 Å². The van der Waals surface area contributed by atoms with Gasteiger partial charge in [-0.15, -0.1) is 0 Å². The summed E-state index contributed by atoms with van der Waals surface area (Å²) < 4.78 is 2.10. The molecule has 1 aromatic carbocycles. The van der Waals surface area contributed by atoms with Gasteiger partial charge >= 0.3 is 0 Å². The molecule has 0 radical (unpaired) electrons. The third kappa shape index (κ3) is 2.18. The van der Waals surface area contributed by atoms with Crippen molar-refractivity contribution >= 4 is 22.6 Å². The molecule has 3 aromatic rings. The van der Waals surface area contributed by atoms with Crippen LogP contribution < -0.4 is 0 Å². The van der Waals surface area contributed by atoms with E-state index in [-0.39, 0.29) is 0 Å². The van der Waals surface area contributed by atoms with Crippen LogP contribution in [-0.2, 0) is 6.42 Å². The van der Waals surface area contributed by atoms with E-state index < -0.39 is 0 Å². The zero-order chi connectivity index (χ0) is 14.1. The number of benzene rings is 1. The predicted molar refractivity (Wildman–Crippen MR) is 82.6 cm³/mol. The molecule has 4 heteroatoms. The monoisotopic (exact) mass is 285 g/mol. The number of aryl methyl sites for hydroxylation is 2. The number of hydrogen-bond donors (Lipinski definition) is 0. The first-order valence-corrected chi connectivity index (χ1v) is 7.16. The van der Waals surface area contributed by atoms with Crippen LogP contribution >= 0.6 is 11.6 Å². The second kappa shape index (κ2) is 5.25. The molecule has 0 saturated heterocycles. The van der Waals surface area contributed by atoms with Gasteiger partial charge in [-0.3, -0.25) is 0 Å². The first-order chi connectivity index (χ1) is 9.70. The lowest BCUT2D eigenvalue weighted by atomic mass is 10.1. The molecule has 0 aliphatic carbocycles. The van der Waals surface area contributed by atoms with Crippen LogP contribution in [0.1, 0.15) is 24.5 Å². The summed E-state index contributed by atoms with van der Waals surface area (Å²) in [6.07, 6.45) is 5.69. The fourth-order valence-electron chi connectivity index (χ4n) is 2.53. The van der Waals surface area contributed by atoms with Crippen LogP contribution in [0.4, 0.5) is 0 Å². The normalized spacial score (nSPS) is 11.2. The van der Waals surface area contributed by atoms with Crippen molar-refractivity contribution in [3.05, 3.63) is 53.1 Å². The van der Waals surface area contributed by atoms with Crippen LogP contribution in [0, 0.1) is 6.92 Å². The van der Waals surface area contributed by atoms with E-state index in [9.17, 15) is 0 Å². The topological polar surface area (TPSA) is 30.7 Å². The van der Waals surface area contributed by atoms with Crippen LogP contribution in [0.15, 0.2) is 36.8 Å². The highest BCUT2D eigenvalue weighted by molar-refractivity contribution is 6.34. The Labute approximate surface area is 123 Å². The van der Waals surface area contributed by atoms with E-state index in [2.05, 4.69) is 58.8 Å². The lowest BCUT2D eigenvalue weighted by Gasteiger charge is -2.05. The van der Waals surface area contributed by atoms with E-state index >= 15 is 0 Å². The van der Waals surface area contributed by atoms with Gasteiger partial charge in [-0.2, -0.15) is 0 Å². The molecule has 0 spiro atoms. The molecule has 0 aliphatic heterocycles. The smallest absolute Gasteiger partial charge is 0.149 e. The minimum absolute atomic E-state index is 0.532. The molecule has 0 aliphatic rings. The average molecular weight is 286 g/mol. The van der Waals surface area contributed by atoms with Crippen LogP contribution in [-0.4, -0.2) is 14.5 Å². The van der Waals surface area contributed by atoms with Crippen molar-refractivity contribution < 1.29 is 0 Å². The summed E-state index contributed by atoms with van der Waals surface area (Å²) in [7, 11) is 0. The minimum Gasteiger partial charge on any atom is -0.301 e. The zero-order valence-corrected chi connectivity index (χ0v) is 12.4. The molecule has 0 saturated carbocycles. The maximum atomic E-state index is 6.27. The first kappa shape index (κ1) is 13.1. The molecule has 2 aromatic heterocycles. The molecule has 0 bridgehead atoms. The summed E-state index contributed by atoms with van der Waals surface area (Å²) in [5.41, 5.74) is 4.40. The Morgan fingerprint density at radius 2 is 2.10 bits per heavy atom. The van der Waals surface area contributed by atoms with Crippen LogP contribution in [0.5, 0.6) is 0 Å². The Morgan fingerprint density at radius 3 is 2.85 bits per heavy atom. The van der Waals surface area contributed by atoms with E-state index in [0.717, 1.165) is 29.6 Å². The van der Waals surface area contributed by atoms with Gasteiger partial charge in [0.05, 0.1) is 5.39 Å². The summed E-state index contributed by atoms with van der Waals surface area (Å²) in [4.78, 5) is 8.53. The number of fused-ring (bicyclic) bond motifs is 1. The molecular weight excluding hydrogens is 270 g/mol. The van der Waals surface area contributed by atoms with Gasteiger partial charge in [0.1, 0.15) is 17.1 Å². The Morgan fingerprint density at radius 1 is 1.25 bits per heavy atom. The van der Waals surface area contributed by atoms with Crippen LogP contribution in [0.3, 0.4) is 0 Å². The lowest BCUT2D eigenvalue weighted by molar-refractivity contribution is 0.922. The van der Waals surface area contributed by atoms with Crippen molar-refractivity contribution in [3.63, 3.8) is 0 Å². The molecule has 0 N–H and O–H groups in total. The van der Waals surface area contributed by atoms with Gasteiger partial charge in [0, 0.05) is 11.9 Å². The molecular formula is C16H16ClN3. The molecule has 3 nitrogen and oxygen atoms in total. The van der Waals surface area contributed by atoms with Gasteiger partial charge in [0.25, 0.3) is 0 Å². The van der Waals surface area contributed by atoms with Gasteiger partial charge in [-0.05, 0) is 36.6 Å². The summed E-state index contributed by atoms with van der Waals surface area (Å²) in [5.74, 6) is 0. The van der Waals surface area contributed by atoms with Crippen LogP contribution in [0.2, 0.25) is 5.15 Å². The molecule has 0 amide bonds. The summed E-state index contributed by atoms with van der Waals surface area (Å²) in [6.45, 7) is 4.25. The summed E-state index contributed by atoms with van der Waals surface area (Å²) >= 11 is 6.27. The van der Waals surface area contributed by atoms with Gasteiger partial charge in [-0.25, -0.2) is 9.97 Å². The third-order valence-corrected chi connectivity index (χ3v) is 3.70. The Balaban J connectivity index is 2.29. The maximum absolute atomic E-state index is 6.27. The number of hydrogen-bond acceptors (Lipinski definition) is 2. The molecule has 0 fully saturated rings. The number of aromatic nitrogens is 3. The highest BCUT2D eigenvalue weighted by Crippen LogP contribution is 2.29. The number of halogens is 1. The van der Waals surface area contributed by atoms with Crippen molar-refractivity contribution in [1.29, 1.82) is 0 Å². The van der Waals surface area contributed by atoms with Gasteiger partial charge in [0.2, 0.25) is 0 Å². The maximum Gasteiger partial charge on any atom is 0.149 e. The fraction of sp³-hybridized carbons (Fsp3) is 0.250. The minimum atomic E-state index is 0.532. The van der Waals surface area contributed by atoms with E-state index in [4.69, 9.17) is 11.6 Å². The molecule has 102 valence electrons. The Bertz CT molecular complexity index is 762. The summed E-state index contributed by atoms with van der Waals surface area (Å²) in [5, 5.41) is 1.50. The van der Waals surface area contributed by atoms with Crippen molar-refractivity contribution in [2.75, 3.05) is 0 Å². The number of rotatable bonds is 3. The molecule has 2 heterocycles. The SMILES string of the molecule is CCCc1cn(-c2cccc(C)c2)c2ncnc(Cl)c12. The molecule has 0 atom stereocenters. The third-order valence-electron chi connectivity index (χ3n) is 3.41. The van der Waals surface area contributed by atoms with Crippen molar-refractivity contribution in [2.45, 2.75) is 26.7 Å². The van der Waals surface area contributed by atoms with Gasteiger partial charge in [0.15, 0.2) is 0 Å². The predicted octanol–water partition coefficient (Wildman–Crippen LogP) is 4.33. The second-order valence-corrected chi connectivity index (χ2v) is 5.33. The summed E-state index contributed by atoms with van der Waals surface area (Å²) in [6, 6.07) is 8.37. The number of nitrogens with zero attached hydrogens (tertiary/aromatic N) is 3. The lowest BCUT2D eigenvalue weighted by Crippen LogP contribution is -1.94. The van der Waals surface area contributed by atoms with Gasteiger partial charge in [-0.1, -0.05) is 37.1 Å². The highest BCUT2D eigenvalue weighted by Gasteiger charge is 2.14. The highest BCUT2D eigenvalue weighted by atomic mass is 35.5. The fourth-order valence-corrected chi connectivity index (χ4v) is 2.78. The largest absolute Gasteiger partial charge is 0.301 e. The first-order valence-electron chi connectivity index (χ1n) is 6.78. The standard InChI is InChI=1S/C16H16ClN3/c1-3-5-12-9-20(13-7-4-6-11(2)8-13)16-14(12)15(17)18-10-19-16/h4,6-10H,3,5H2,1-2H3. The van der Waals surface area contributed by atoms with Crippen LogP contribution in [0.25, 0.3) is 16.7 Å².